The molecule has 0 saturated heterocycles. The molecule has 23 heavy (non-hydrogen) atoms. The normalized spacial score (nSPS) is 11.4. The quantitative estimate of drug-likeness (QED) is 0.896. The van der Waals surface area contributed by atoms with Crippen LogP contribution in [-0.2, 0) is 0 Å². The van der Waals surface area contributed by atoms with Crippen LogP contribution in [0.25, 0.3) is 11.1 Å². The molecule has 124 valence electrons. The van der Waals surface area contributed by atoms with Crippen molar-refractivity contribution >= 4 is 0 Å². The molecule has 0 radical (unpaired) electrons. The fraction of sp³-hybridized carbons (Fsp3) is 0.294. The second-order valence-electron chi connectivity index (χ2n) is 5.22. The maximum Gasteiger partial charge on any atom is 0.573 e. The number of hydrogen-bond donors (Lipinski definition) is 1. The van der Waals surface area contributed by atoms with Crippen LogP contribution in [0.5, 0.6) is 11.5 Å². The molecule has 0 atom stereocenters. The summed E-state index contributed by atoms with van der Waals surface area (Å²) in [6, 6.07) is 10.3. The number of rotatable bonds is 5. The van der Waals surface area contributed by atoms with Crippen LogP contribution in [-0.4, -0.2) is 19.5 Å². The van der Waals surface area contributed by atoms with E-state index in [9.17, 15) is 13.2 Å². The SMILES string of the molecule is Cc1cc(C)cc(-c2ccc(OCCN)c(OC(F)(F)F)c2)c1. The average molecular weight is 325 g/mol. The van der Waals surface area contributed by atoms with E-state index in [1.165, 1.54) is 12.1 Å². The molecule has 0 aliphatic rings. The molecule has 0 fully saturated rings. The number of halogens is 3. The first-order valence-electron chi connectivity index (χ1n) is 7.10. The van der Waals surface area contributed by atoms with Gasteiger partial charge in [-0.25, -0.2) is 0 Å². The lowest BCUT2D eigenvalue weighted by atomic mass is 10.0. The van der Waals surface area contributed by atoms with Gasteiger partial charge in [-0.2, -0.15) is 0 Å². The Kier molecular flexibility index (Phi) is 5.15. The smallest absolute Gasteiger partial charge is 0.488 e. The number of benzene rings is 2. The summed E-state index contributed by atoms with van der Waals surface area (Å²) in [6.07, 6.45) is -4.79. The van der Waals surface area contributed by atoms with Gasteiger partial charge in [0.05, 0.1) is 0 Å². The van der Waals surface area contributed by atoms with Crippen molar-refractivity contribution in [3.05, 3.63) is 47.5 Å². The summed E-state index contributed by atoms with van der Waals surface area (Å²) in [4.78, 5) is 0. The summed E-state index contributed by atoms with van der Waals surface area (Å²) in [6.45, 7) is 4.17. The first kappa shape index (κ1) is 17.1. The minimum Gasteiger partial charge on any atom is -0.488 e. The third-order valence-electron chi connectivity index (χ3n) is 3.10. The van der Waals surface area contributed by atoms with Gasteiger partial charge in [0.2, 0.25) is 0 Å². The Labute approximate surface area is 132 Å². The van der Waals surface area contributed by atoms with Crippen molar-refractivity contribution in [2.24, 2.45) is 5.73 Å². The molecule has 3 nitrogen and oxygen atoms in total. The highest BCUT2D eigenvalue weighted by Crippen LogP contribution is 2.36. The topological polar surface area (TPSA) is 44.5 Å². The lowest BCUT2D eigenvalue weighted by molar-refractivity contribution is -0.275. The second kappa shape index (κ2) is 6.91. The monoisotopic (exact) mass is 325 g/mol. The third-order valence-corrected chi connectivity index (χ3v) is 3.10. The zero-order valence-corrected chi connectivity index (χ0v) is 12.9. The maximum absolute atomic E-state index is 12.6. The van der Waals surface area contributed by atoms with E-state index in [2.05, 4.69) is 4.74 Å². The van der Waals surface area contributed by atoms with E-state index < -0.39 is 6.36 Å². The van der Waals surface area contributed by atoms with Gasteiger partial charge in [0.25, 0.3) is 0 Å². The van der Waals surface area contributed by atoms with Gasteiger partial charge in [0.1, 0.15) is 6.61 Å². The van der Waals surface area contributed by atoms with Gasteiger partial charge in [-0.1, -0.05) is 35.4 Å². The van der Waals surface area contributed by atoms with Crippen molar-refractivity contribution in [2.75, 3.05) is 13.2 Å². The minimum absolute atomic E-state index is 0.0147. The molecule has 0 spiro atoms. The molecule has 0 saturated carbocycles. The molecule has 2 aromatic rings. The van der Waals surface area contributed by atoms with Crippen LogP contribution in [0.2, 0.25) is 0 Å². The van der Waals surface area contributed by atoms with Crippen LogP contribution in [0.1, 0.15) is 11.1 Å². The van der Waals surface area contributed by atoms with Crippen molar-refractivity contribution in [2.45, 2.75) is 20.2 Å². The first-order valence-corrected chi connectivity index (χ1v) is 7.10. The molecule has 0 aromatic heterocycles. The fourth-order valence-corrected chi connectivity index (χ4v) is 2.32. The second-order valence-corrected chi connectivity index (χ2v) is 5.22. The Morgan fingerprint density at radius 3 is 2.13 bits per heavy atom. The van der Waals surface area contributed by atoms with E-state index in [4.69, 9.17) is 10.5 Å². The Bertz CT molecular complexity index is 664. The van der Waals surface area contributed by atoms with Crippen molar-refractivity contribution in [1.29, 1.82) is 0 Å². The van der Waals surface area contributed by atoms with E-state index in [1.54, 1.807) is 6.07 Å². The summed E-state index contributed by atoms with van der Waals surface area (Å²) < 4.78 is 47.1. The summed E-state index contributed by atoms with van der Waals surface area (Å²) >= 11 is 0. The number of aryl methyl sites for hydroxylation is 2. The highest BCUT2D eigenvalue weighted by atomic mass is 19.4. The first-order chi connectivity index (χ1) is 10.8. The standard InChI is InChI=1S/C17H18F3NO2/c1-11-7-12(2)9-14(8-11)13-3-4-15(22-6-5-21)16(10-13)23-17(18,19)20/h3-4,7-10H,5-6,21H2,1-2H3. The Morgan fingerprint density at radius 1 is 0.913 bits per heavy atom. The highest BCUT2D eigenvalue weighted by molar-refractivity contribution is 5.68. The Balaban J connectivity index is 2.43. The third kappa shape index (κ3) is 4.89. The number of ether oxygens (including phenoxy) is 2. The average Bonchev–Trinajstić information content (AvgIpc) is 2.43. The van der Waals surface area contributed by atoms with Crippen LogP contribution in [0.3, 0.4) is 0 Å². The van der Waals surface area contributed by atoms with Crippen LogP contribution in [0.4, 0.5) is 13.2 Å². The van der Waals surface area contributed by atoms with Crippen LogP contribution < -0.4 is 15.2 Å². The molecule has 2 rings (SSSR count). The minimum atomic E-state index is -4.79. The largest absolute Gasteiger partial charge is 0.573 e. The molecule has 2 N–H and O–H groups in total. The molecule has 0 unspecified atom stereocenters. The molecular weight excluding hydrogens is 307 g/mol. The maximum atomic E-state index is 12.6. The molecule has 6 heteroatoms. The molecule has 0 bridgehead atoms. The van der Waals surface area contributed by atoms with Gasteiger partial charge in [0.15, 0.2) is 11.5 Å². The van der Waals surface area contributed by atoms with Crippen molar-refractivity contribution in [3.8, 4) is 22.6 Å². The summed E-state index contributed by atoms with van der Waals surface area (Å²) in [5.41, 5.74) is 8.82. The molecule has 0 aliphatic heterocycles. The lowest BCUT2D eigenvalue weighted by Crippen LogP contribution is -2.18. The zero-order valence-electron chi connectivity index (χ0n) is 12.9. The van der Waals surface area contributed by atoms with Gasteiger partial charge >= 0.3 is 6.36 Å². The molecule has 0 amide bonds. The van der Waals surface area contributed by atoms with Gasteiger partial charge in [0, 0.05) is 6.54 Å². The van der Waals surface area contributed by atoms with Crippen LogP contribution in [0.15, 0.2) is 36.4 Å². The van der Waals surface area contributed by atoms with Crippen LogP contribution >= 0.6 is 0 Å². The van der Waals surface area contributed by atoms with E-state index in [0.29, 0.717) is 5.56 Å². The molecule has 2 aromatic carbocycles. The molecular formula is C17H18F3NO2. The predicted molar refractivity (Wildman–Crippen MR) is 82.6 cm³/mol. The van der Waals surface area contributed by atoms with Crippen molar-refractivity contribution in [1.82, 2.24) is 0 Å². The van der Waals surface area contributed by atoms with Gasteiger partial charge in [-0.05, 0) is 37.1 Å². The summed E-state index contributed by atoms with van der Waals surface area (Å²) in [5, 5.41) is 0. The van der Waals surface area contributed by atoms with Gasteiger partial charge < -0.3 is 15.2 Å². The number of nitrogens with two attached hydrogens (primary N) is 1. The fourth-order valence-electron chi connectivity index (χ4n) is 2.32. The van der Waals surface area contributed by atoms with Crippen molar-refractivity contribution in [3.63, 3.8) is 0 Å². The van der Waals surface area contributed by atoms with E-state index >= 15 is 0 Å². The molecule has 0 aliphatic carbocycles. The van der Waals surface area contributed by atoms with E-state index in [0.717, 1.165) is 16.7 Å². The molecule has 0 heterocycles. The zero-order chi connectivity index (χ0) is 17.0. The van der Waals surface area contributed by atoms with Crippen LogP contribution in [0, 0.1) is 13.8 Å². The van der Waals surface area contributed by atoms with Gasteiger partial charge in [-0.15, -0.1) is 13.2 Å². The number of hydrogen-bond acceptors (Lipinski definition) is 3. The van der Waals surface area contributed by atoms with E-state index in [1.807, 2.05) is 32.0 Å². The van der Waals surface area contributed by atoms with Gasteiger partial charge in [-0.3, -0.25) is 0 Å². The summed E-state index contributed by atoms with van der Waals surface area (Å²) in [7, 11) is 0. The number of alkyl halides is 3. The summed E-state index contributed by atoms with van der Waals surface area (Å²) in [5.74, 6) is -0.358. The van der Waals surface area contributed by atoms with E-state index in [-0.39, 0.29) is 24.7 Å². The highest BCUT2D eigenvalue weighted by Gasteiger charge is 2.32. The Morgan fingerprint density at radius 2 is 1.57 bits per heavy atom. The predicted octanol–water partition coefficient (Wildman–Crippen LogP) is 4.21. The van der Waals surface area contributed by atoms with Crippen molar-refractivity contribution < 1.29 is 22.6 Å². The lowest BCUT2D eigenvalue weighted by Gasteiger charge is -2.15. The Hall–Kier alpha value is -2.21.